The Hall–Kier alpha value is -1.38. The molecule has 17 heavy (non-hydrogen) atoms. The van der Waals surface area contributed by atoms with E-state index in [1.54, 1.807) is 23.1 Å². The number of carbonyl (C=O) groups excluding carboxylic acids is 1. The van der Waals surface area contributed by atoms with Crippen LogP contribution in [0.25, 0.3) is 0 Å². The Labute approximate surface area is 101 Å². The number of carbonyl (C=O) groups is 1. The van der Waals surface area contributed by atoms with Gasteiger partial charge in [0.2, 0.25) is 0 Å². The summed E-state index contributed by atoms with van der Waals surface area (Å²) in [6.45, 7) is 5.73. The van der Waals surface area contributed by atoms with Gasteiger partial charge in [0.25, 0.3) is 5.91 Å². The summed E-state index contributed by atoms with van der Waals surface area (Å²) in [6, 6.07) is 6.19. The third kappa shape index (κ3) is 2.65. The molecule has 0 N–H and O–H groups in total. The summed E-state index contributed by atoms with van der Waals surface area (Å²) in [4.78, 5) is 14.0. The normalized spacial score (nSPS) is 19.1. The standard InChI is InChI=1S/C14H18FNO/c1-14(2)8-5-9-16(10-14)13(17)11-6-3-4-7-12(11)15/h3-4,6-7H,5,8-10H2,1-2H3. The zero-order chi connectivity index (χ0) is 12.5. The molecule has 1 aliphatic rings. The van der Waals surface area contributed by atoms with Crippen LogP contribution in [0.3, 0.4) is 0 Å². The molecule has 2 nitrogen and oxygen atoms in total. The Bertz CT molecular complexity index is 428. The molecule has 1 heterocycles. The molecule has 1 saturated heterocycles. The Morgan fingerprint density at radius 1 is 1.35 bits per heavy atom. The summed E-state index contributed by atoms with van der Waals surface area (Å²) in [5.41, 5.74) is 0.323. The molecular weight excluding hydrogens is 217 g/mol. The van der Waals surface area contributed by atoms with E-state index in [-0.39, 0.29) is 16.9 Å². The molecular formula is C14H18FNO. The second kappa shape index (κ2) is 4.47. The largest absolute Gasteiger partial charge is 0.338 e. The average molecular weight is 235 g/mol. The minimum absolute atomic E-state index is 0.138. The van der Waals surface area contributed by atoms with E-state index in [0.29, 0.717) is 6.54 Å². The van der Waals surface area contributed by atoms with Gasteiger partial charge >= 0.3 is 0 Å². The van der Waals surface area contributed by atoms with Gasteiger partial charge in [0, 0.05) is 13.1 Å². The molecule has 1 aliphatic heterocycles. The molecule has 1 aromatic carbocycles. The molecule has 3 heteroatoms. The second-order valence-electron chi connectivity index (χ2n) is 5.47. The Morgan fingerprint density at radius 2 is 2.06 bits per heavy atom. The highest BCUT2D eigenvalue weighted by molar-refractivity contribution is 5.94. The van der Waals surface area contributed by atoms with Gasteiger partial charge in [-0.2, -0.15) is 0 Å². The average Bonchev–Trinajstić information content (AvgIpc) is 2.27. The van der Waals surface area contributed by atoms with Gasteiger partial charge in [-0.25, -0.2) is 4.39 Å². The van der Waals surface area contributed by atoms with Crippen LogP contribution in [-0.4, -0.2) is 23.9 Å². The lowest BCUT2D eigenvalue weighted by atomic mass is 9.84. The van der Waals surface area contributed by atoms with Crippen molar-refractivity contribution in [1.82, 2.24) is 4.90 Å². The van der Waals surface area contributed by atoms with Gasteiger partial charge in [0.05, 0.1) is 5.56 Å². The van der Waals surface area contributed by atoms with Crippen LogP contribution in [0.5, 0.6) is 0 Å². The number of rotatable bonds is 1. The highest BCUT2D eigenvalue weighted by Gasteiger charge is 2.30. The van der Waals surface area contributed by atoms with Crippen molar-refractivity contribution < 1.29 is 9.18 Å². The summed E-state index contributed by atoms with van der Waals surface area (Å²) in [5.74, 6) is -0.614. The van der Waals surface area contributed by atoms with Gasteiger partial charge < -0.3 is 4.90 Å². The van der Waals surface area contributed by atoms with Crippen molar-refractivity contribution in [2.24, 2.45) is 5.41 Å². The van der Waals surface area contributed by atoms with E-state index >= 15 is 0 Å². The predicted molar refractivity (Wildman–Crippen MR) is 65.3 cm³/mol. The lowest BCUT2D eigenvalue weighted by Crippen LogP contribution is -2.43. The predicted octanol–water partition coefficient (Wildman–Crippen LogP) is 3.09. The van der Waals surface area contributed by atoms with E-state index in [4.69, 9.17) is 0 Å². The number of amides is 1. The maximum absolute atomic E-state index is 13.5. The molecule has 0 aliphatic carbocycles. The van der Waals surface area contributed by atoms with Gasteiger partial charge in [-0.1, -0.05) is 26.0 Å². The topological polar surface area (TPSA) is 20.3 Å². The van der Waals surface area contributed by atoms with Gasteiger partial charge in [-0.15, -0.1) is 0 Å². The SMILES string of the molecule is CC1(C)CCCN(C(=O)c2ccccc2F)C1. The molecule has 1 fully saturated rings. The maximum atomic E-state index is 13.5. The van der Waals surface area contributed by atoms with Gasteiger partial charge in [-0.05, 0) is 30.4 Å². The summed E-state index contributed by atoms with van der Waals surface area (Å²) >= 11 is 0. The monoisotopic (exact) mass is 235 g/mol. The lowest BCUT2D eigenvalue weighted by molar-refractivity contribution is 0.0579. The molecule has 0 aromatic heterocycles. The molecule has 1 amide bonds. The number of halogens is 1. The van der Waals surface area contributed by atoms with Crippen LogP contribution in [0.4, 0.5) is 4.39 Å². The zero-order valence-corrected chi connectivity index (χ0v) is 10.4. The first-order chi connectivity index (χ1) is 7.99. The van der Waals surface area contributed by atoms with Crippen molar-refractivity contribution in [2.75, 3.05) is 13.1 Å². The van der Waals surface area contributed by atoms with Crippen LogP contribution in [0, 0.1) is 11.2 Å². The molecule has 2 rings (SSSR count). The molecule has 0 unspecified atom stereocenters. The van der Waals surface area contributed by atoms with Crippen molar-refractivity contribution in [3.63, 3.8) is 0 Å². The van der Waals surface area contributed by atoms with Crippen LogP contribution in [0.2, 0.25) is 0 Å². The van der Waals surface area contributed by atoms with Crippen molar-refractivity contribution in [3.05, 3.63) is 35.6 Å². The van der Waals surface area contributed by atoms with Gasteiger partial charge in [0.15, 0.2) is 0 Å². The molecule has 0 atom stereocenters. The number of hydrogen-bond acceptors (Lipinski definition) is 1. The minimum Gasteiger partial charge on any atom is -0.338 e. The quantitative estimate of drug-likeness (QED) is 0.732. The van der Waals surface area contributed by atoms with Gasteiger partial charge in [0.1, 0.15) is 5.82 Å². The highest BCUT2D eigenvalue weighted by Crippen LogP contribution is 2.29. The maximum Gasteiger partial charge on any atom is 0.256 e. The molecule has 92 valence electrons. The van der Waals surface area contributed by atoms with E-state index in [1.165, 1.54) is 6.07 Å². The number of hydrogen-bond donors (Lipinski definition) is 0. The van der Waals surface area contributed by atoms with Crippen molar-refractivity contribution in [2.45, 2.75) is 26.7 Å². The van der Waals surface area contributed by atoms with Crippen molar-refractivity contribution in [3.8, 4) is 0 Å². The van der Waals surface area contributed by atoms with Crippen molar-refractivity contribution in [1.29, 1.82) is 0 Å². The second-order valence-corrected chi connectivity index (χ2v) is 5.47. The first kappa shape index (κ1) is 12.1. The molecule has 1 aromatic rings. The first-order valence-corrected chi connectivity index (χ1v) is 6.03. The Kier molecular flexibility index (Phi) is 3.18. The van der Waals surface area contributed by atoms with Crippen LogP contribution in [0.1, 0.15) is 37.0 Å². The highest BCUT2D eigenvalue weighted by atomic mass is 19.1. The number of benzene rings is 1. The van der Waals surface area contributed by atoms with E-state index in [1.807, 2.05) is 0 Å². The van der Waals surface area contributed by atoms with E-state index in [0.717, 1.165) is 19.4 Å². The van der Waals surface area contributed by atoms with Crippen LogP contribution >= 0.6 is 0 Å². The third-order valence-electron chi connectivity index (χ3n) is 3.29. The molecule has 0 radical (unpaired) electrons. The van der Waals surface area contributed by atoms with E-state index < -0.39 is 5.82 Å². The van der Waals surface area contributed by atoms with Crippen LogP contribution < -0.4 is 0 Å². The van der Waals surface area contributed by atoms with Crippen LogP contribution in [-0.2, 0) is 0 Å². The molecule has 0 saturated carbocycles. The first-order valence-electron chi connectivity index (χ1n) is 6.03. The summed E-state index contributed by atoms with van der Waals surface area (Å²) < 4.78 is 13.5. The molecule has 0 spiro atoms. The lowest BCUT2D eigenvalue weighted by Gasteiger charge is -2.38. The fraction of sp³-hybridized carbons (Fsp3) is 0.500. The summed E-state index contributed by atoms with van der Waals surface area (Å²) in [7, 11) is 0. The van der Waals surface area contributed by atoms with Crippen molar-refractivity contribution >= 4 is 5.91 Å². The third-order valence-corrected chi connectivity index (χ3v) is 3.29. The Balaban J connectivity index is 2.18. The Morgan fingerprint density at radius 3 is 2.71 bits per heavy atom. The van der Waals surface area contributed by atoms with E-state index in [9.17, 15) is 9.18 Å². The number of nitrogens with zero attached hydrogens (tertiary/aromatic N) is 1. The zero-order valence-electron chi connectivity index (χ0n) is 10.4. The fourth-order valence-corrected chi connectivity index (χ4v) is 2.40. The fourth-order valence-electron chi connectivity index (χ4n) is 2.40. The minimum atomic E-state index is -0.430. The van der Waals surface area contributed by atoms with Gasteiger partial charge in [-0.3, -0.25) is 4.79 Å². The summed E-state index contributed by atoms with van der Waals surface area (Å²) in [6.07, 6.45) is 2.11. The number of piperidine rings is 1. The summed E-state index contributed by atoms with van der Waals surface area (Å²) in [5, 5.41) is 0. The molecule has 0 bridgehead atoms. The van der Waals surface area contributed by atoms with E-state index in [2.05, 4.69) is 13.8 Å². The van der Waals surface area contributed by atoms with Crippen LogP contribution in [0.15, 0.2) is 24.3 Å². The number of likely N-dealkylation sites (tertiary alicyclic amines) is 1. The smallest absolute Gasteiger partial charge is 0.256 e.